The van der Waals surface area contributed by atoms with E-state index in [9.17, 15) is 0 Å². The fourth-order valence-corrected chi connectivity index (χ4v) is 3.90. The van der Waals surface area contributed by atoms with E-state index in [1.165, 1.54) is 12.8 Å². The zero-order valence-corrected chi connectivity index (χ0v) is 12.3. The summed E-state index contributed by atoms with van der Waals surface area (Å²) in [4.78, 5) is 1.02. The quantitative estimate of drug-likeness (QED) is 0.683. The lowest BCUT2D eigenvalue weighted by Gasteiger charge is -2.21. The topological polar surface area (TPSA) is 44.5 Å². The lowest BCUT2D eigenvalue weighted by atomic mass is 10.2. The zero-order chi connectivity index (χ0) is 13.3. The number of hydrogen-bond acceptors (Lipinski definition) is 4. The van der Waals surface area contributed by atoms with Crippen LogP contribution in [-0.2, 0) is 9.47 Å². The van der Waals surface area contributed by atoms with E-state index in [4.69, 9.17) is 26.8 Å². The number of hydrogen-bond donors (Lipinski definition) is 1. The van der Waals surface area contributed by atoms with Crippen LogP contribution in [0.5, 0.6) is 0 Å². The molecule has 0 aromatic heterocycles. The van der Waals surface area contributed by atoms with Crippen molar-refractivity contribution in [3.8, 4) is 0 Å². The molecule has 1 saturated heterocycles. The minimum Gasteiger partial charge on any atom is -0.398 e. The second kappa shape index (κ2) is 5.52. The van der Waals surface area contributed by atoms with Gasteiger partial charge in [-0.25, -0.2) is 0 Å². The van der Waals surface area contributed by atoms with Gasteiger partial charge >= 0.3 is 0 Å². The van der Waals surface area contributed by atoms with E-state index in [0.29, 0.717) is 11.6 Å². The van der Waals surface area contributed by atoms with Crippen LogP contribution in [-0.4, -0.2) is 24.3 Å². The smallest absolute Gasteiger partial charge is 0.168 e. The first-order valence-electron chi connectivity index (χ1n) is 6.66. The number of anilines is 1. The second-order valence-corrected chi connectivity index (χ2v) is 6.66. The number of thioether (sulfide) groups is 1. The van der Waals surface area contributed by atoms with Gasteiger partial charge in [0, 0.05) is 34.2 Å². The van der Waals surface area contributed by atoms with E-state index in [1.807, 2.05) is 18.2 Å². The largest absolute Gasteiger partial charge is 0.398 e. The number of nitrogen functional groups attached to an aromatic ring is 1. The summed E-state index contributed by atoms with van der Waals surface area (Å²) in [6.45, 7) is 0.688. The summed E-state index contributed by atoms with van der Waals surface area (Å²) in [6.07, 6.45) is 4.64. The molecule has 1 aromatic carbocycles. The van der Waals surface area contributed by atoms with Crippen molar-refractivity contribution in [3.05, 3.63) is 23.2 Å². The van der Waals surface area contributed by atoms with Crippen LogP contribution in [0.3, 0.4) is 0 Å². The molecule has 1 aliphatic heterocycles. The molecule has 2 aliphatic rings. The van der Waals surface area contributed by atoms with Crippen LogP contribution >= 0.6 is 23.4 Å². The maximum absolute atomic E-state index is 6.08. The predicted octanol–water partition coefficient (Wildman–Crippen LogP) is 3.70. The van der Waals surface area contributed by atoms with Gasteiger partial charge in [-0.15, -0.1) is 11.8 Å². The van der Waals surface area contributed by atoms with Crippen molar-refractivity contribution < 1.29 is 9.47 Å². The summed E-state index contributed by atoms with van der Waals surface area (Å²) >= 11 is 7.67. The summed E-state index contributed by atoms with van der Waals surface area (Å²) in [6, 6.07) is 5.56. The summed E-state index contributed by atoms with van der Waals surface area (Å²) < 4.78 is 11.9. The van der Waals surface area contributed by atoms with Gasteiger partial charge in [0.05, 0.1) is 12.7 Å². The van der Waals surface area contributed by atoms with Gasteiger partial charge in [0.25, 0.3) is 0 Å². The number of ether oxygens (including phenoxy) is 2. The minimum atomic E-state index is -0.273. The third-order valence-corrected chi connectivity index (χ3v) is 5.12. The Morgan fingerprint density at radius 2 is 2.16 bits per heavy atom. The average molecular weight is 300 g/mol. The van der Waals surface area contributed by atoms with Gasteiger partial charge in [-0.2, -0.15) is 0 Å². The molecule has 19 heavy (non-hydrogen) atoms. The number of benzene rings is 1. The van der Waals surface area contributed by atoms with Crippen LogP contribution in [0.4, 0.5) is 5.69 Å². The third kappa shape index (κ3) is 3.02. The number of rotatable bonds is 3. The molecule has 1 atom stereocenters. The molecule has 3 nitrogen and oxygen atoms in total. The Bertz CT molecular complexity index is 463. The average Bonchev–Trinajstić information content (AvgIpc) is 3.02. The van der Waals surface area contributed by atoms with Gasteiger partial charge in [-0.3, -0.25) is 0 Å². The highest BCUT2D eigenvalue weighted by atomic mass is 35.5. The molecular formula is C14H18ClNO2S. The van der Waals surface area contributed by atoms with Crippen LogP contribution in [0, 0.1) is 0 Å². The van der Waals surface area contributed by atoms with Crippen molar-refractivity contribution >= 4 is 29.1 Å². The zero-order valence-electron chi connectivity index (χ0n) is 10.7. The molecule has 1 aromatic rings. The first kappa shape index (κ1) is 13.6. The van der Waals surface area contributed by atoms with E-state index < -0.39 is 0 Å². The van der Waals surface area contributed by atoms with E-state index in [-0.39, 0.29) is 11.9 Å². The first-order valence-corrected chi connectivity index (χ1v) is 8.03. The molecule has 2 fully saturated rings. The number of nitrogens with two attached hydrogens (primary N) is 1. The van der Waals surface area contributed by atoms with Gasteiger partial charge in [0.15, 0.2) is 5.79 Å². The molecule has 1 spiro atoms. The lowest BCUT2D eigenvalue weighted by molar-refractivity contribution is -0.159. The summed E-state index contributed by atoms with van der Waals surface area (Å²) in [7, 11) is 0. The van der Waals surface area contributed by atoms with Gasteiger partial charge in [0.2, 0.25) is 0 Å². The molecule has 1 heterocycles. The summed E-state index contributed by atoms with van der Waals surface area (Å²) in [5.41, 5.74) is 6.71. The Balaban J connectivity index is 1.57. The minimum absolute atomic E-state index is 0.154. The highest BCUT2D eigenvalue weighted by Gasteiger charge is 2.43. The highest BCUT2D eigenvalue weighted by Crippen LogP contribution is 2.40. The van der Waals surface area contributed by atoms with Crippen LogP contribution in [0.25, 0.3) is 0 Å². The van der Waals surface area contributed by atoms with E-state index in [2.05, 4.69) is 0 Å². The number of halogens is 1. The molecular weight excluding hydrogens is 282 g/mol. The van der Waals surface area contributed by atoms with Crippen molar-refractivity contribution in [2.24, 2.45) is 0 Å². The Labute approximate surface area is 122 Å². The van der Waals surface area contributed by atoms with Gasteiger partial charge < -0.3 is 15.2 Å². The van der Waals surface area contributed by atoms with Crippen molar-refractivity contribution in [1.82, 2.24) is 0 Å². The molecule has 1 saturated carbocycles. The summed E-state index contributed by atoms with van der Waals surface area (Å²) in [5, 5.41) is 0.715. The van der Waals surface area contributed by atoms with E-state index in [0.717, 1.165) is 29.2 Å². The molecule has 1 unspecified atom stereocenters. The van der Waals surface area contributed by atoms with E-state index in [1.54, 1.807) is 11.8 Å². The van der Waals surface area contributed by atoms with Crippen molar-refractivity contribution in [3.63, 3.8) is 0 Å². The Morgan fingerprint density at radius 1 is 1.37 bits per heavy atom. The van der Waals surface area contributed by atoms with E-state index >= 15 is 0 Å². The van der Waals surface area contributed by atoms with Crippen LogP contribution in [0.2, 0.25) is 5.02 Å². The molecule has 5 heteroatoms. The standard InChI is InChI=1S/C14H18ClNO2S/c15-10-3-4-12(16)13(7-10)19-9-11-8-17-14(18-11)5-1-2-6-14/h3-4,7,11H,1-2,5-6,8-9,16H2. The van der Waals surface area contributed by atoms with Crippen LogP contribution < -0.4 is 5.73 Å². The highest BCUT2D eigenvalue weighted by molar-refractivity contribution is 7.99. The van der Waals surface area contributed by atoms with Crippen LogP contribution in [0.15, 0.2) is 23.1 Å². The maximum atomic E-state index is 6.08. The Hall–Kier alpha value is -0.420. The molecule has 3 rings (SSSR count). The predicted molar refractivity (Wildman–Crippen MR) is 78.6 cm³/mol. The van der Waals surface area contributed by atoms with Crippen molar-refractivity contribution in [2.75, 3.05) is 18.1 Å². The lowest BCUT2D eigenvalue weighted by Crippen LogP contribution is -2.27. The third-order valence-electron chi connectivity index (χ3n) is 3.68. The Kier molecular flexibility index (Phi) is 3.94. The van der Waals surface area contributed by atoms with Gasteiger partial charge in [0.1, 0.15) is 0 Å². The fourth-order valence-electron chi connectivity index (χ4n) is 2.69. The normalized spacial score (nSPS) is 25.2. The van der Waals surface area contributed by atoms with Gasteiger partial charge in [-0.05, 0) is 31.0 Å². The maximum Gasteiger partial charge on any atom is 0.168 e. The molecule has 0 amide bonds. The molecule has 0 radical (unpaired) electrons. The second-order valence-electron chi connectivity index (χ2n) is 5.16. The molecule has 1 aliphatic carbocycles. The SMILES string of the molecule is Nc1ccc(Cl)cc1SCC1COC2(CCCC2)O1. The van der Waals surface area contributed by atoms with Gasteiger partial charge in [-0.1, -0.05) is 11.6 Å². The Morgan fingerprint density at radius 3 is 2.95 bits per heavy atom. The fraction of sp³-hybridized carbons (Fsp3) is 0.571. The molecule has 104 valence electrons. The van der Waals surface area contributed by atoms with Crippen molar-refractivity contribution in [1.29, 1.82) is 0 Å². The van der Waals surface area contributed by atoms with Crippen LogP contribution in [0.1, 0.15) is 25.7 Å². The molecule has 0 bridgehead atoms. The first-order chi connectivity index (χ1) is 9.17. The monoisotopic (exact) mass is 299 g/mol. The summed E-state index contributed by atoms with van der Waals surface area (Å²) in [5.74, 6) is 0.581. The molecule has 2 N–H and O–H groups in total. The van der Waals surface area contributed by atoms with Crippen molar-refractivity contribution in [2.45, 2.75) is 42.5 Å².